The molecule has 136 valence electrons. The smallest absolute Gasteiger partial charge is 0.244 e. The lowest BCUT2D eigenvalue weighted by Crippen LogP contribution is -2.34. The van der Waals surface area contributed by atoms with Gasteiger partial charge in [0.2, 0.25) is 10.0 Å². The van der Waals surface area contributed by atoms with Crippen LogP contribution >= 0.6 is 11.3 Å². The molecule has 0 saturated heterocycles. The molecule has 0 aliphatic carbocycles. The fourth-order valence-electron chi connectivity index (χ4n) is 2.91. The maximum Gasteiger partial charge on any atom is 0.244 e. The molecule has 3 rings (SSSR count). The Hall–Kier alpha value is -2.29. The molecule has 26 heavy (non-hydrogen) atoms. The van der Waals surface area contributed by atoms with Crippen molar-refractivity contribution in [1.82, 2.24) is 9.29 Å². The summed E-state index contributed by atoms with van der Waals surface area (Å²) in [4.78, 5) is 5.43. The van der Waals surface area contributed by atoms with Gasteiger partial charge in [-0.15, -0.1) is 11.3 Å². The van der Waals surface area contributed by atoms with Crippen LogP contribution < -0.4 is 5.73 Å². The van der Waals surface area contributed by atoms with Crippen molar-refractivity contribution in [2.75, 3.05) is 18.8 Å². The molecule has 3 aromatic rings. The van der Waals surface area contributed by atoms with Crippen molar-refractivity contribution in [3.05, 3.63) is 52.3 Å². The first kappa shape index (κ1) is 18.5. The van der Waals surface area contributed by atoms with Gasteiger partial charge in [0.25, 0.3) is 0 Å². The summed E-state index contributed by atoms with van der Waals surface area (Å²) < 4.78 is 28.0. The van der Waals surface area contributed by atoms with E-state index in [4.69, 9.17) is 11.1 Å². The second-order valence-corrected chi connectivity index (χ2v) is 8.84. The number of aryl methyl sites for hydroxylation is 1. The number of nitrogen functional groups attached to an aromatic ring is 1. The third-order valence-corrected chi connectivity index (χ3v) is 7.04. The van der Waals surface area contributed by atoms with Crippen molar-refractivity contribution in [2.45, 2.75) is 18.2 Å². The number of rotatable bonds is 7. The molecule has 0 aliphatic heterocycles. The van der Waals surface area contributed by atoms with E-state index < -0.39 is 10.0 Å². The van der Waals surface area contributed by atoms with E-state index in [0.717, 1.165) is 16.7 Å². The Bertz CT molecular complexity index is 1030. The Labute approximate surface area is 156 Å². The minimum Gasteiger partial charge on any atom is -0.383 e. The molecule has 8 heteroatoms. The Morgan fingerprint density at radius 1 is 1.31 bits per heavy atom. The maximum absolute atomic E-state index is 13.3. The summed E-state index contributed by atoms with van der Waals surface area (Å²) in [5, 5.41) is 10.6. The number of hydrogen-bond acceptors (Lipinski definition) is 6. The highest BCUT2D eigenvalue weighted by atomic mass is 32.2. The van der Waals surface area contributed by atoms with Gasteiger partial charge < -0.3 is 11.1 Å². The topological polar surface area (TPSA) is 100 Å². The minimum absolute atomic E-state index is 0.0315. The number of fused-ring (bicyclic) bond motifs is 1. The molecule has 0 fully saturated rings. The molecular formula is C18H20N4O2S2. The van der Waals surface area contributed by atoms with Gasteiger partial charge >= 0.3 is 0 Å². The summed E-state index contributed by atoms with van der Waals surface area (Å²) in [7, 11) is -3.78. The summed E-state index contributed by atoms with van der Waals surface area (Å²) in [6.07, 6.45) is 3.31. The zero-order chi connectivity index (χ0) is 18.7. The highest BCUT2D eigenvalue weighted by Crippen LogP contribution is 2.30. The molecule has 0 atom stereocenters. The van der Waals surface area contributed by atoms with Gasteiger partial charge in [0, 0.05) is 41.2 Å². The first-order valence-electron chi connectivity index (χ1n) is 8.10. The zero-order valence-electron chi connectivity index (χ0n) is 14.3. The molecule has 0 radical (unpaired) electrons. The van der Waals surface area contributed by atoms with Crippen molar-refractivity contribution in [3.8, 4) is 0 Å². The molecule has 3 N–H and O–H groups in total. The highest BCUT2D eigenvalue weighted by molar-refractivity contribution is 7.89. The second-order valence-electron chi connectivity index (χ2n) is 5.90. The minimum atomic E-state index is -3.78. The predicted molar refractivity (Wildman–Crippen MR) is 106 cm³/mol. The van der Waals surface area contributed by atoms with Crippen LogP contribution in [0, 0.1) is 12.3 Å². The van der Waals surface area contributed by atoms with E-state index in [1.807, 2.05) is 24.4 Å². The third-order valence-electron chi connectivity index (χ3n) is 4.19. The van der Waals surface area contributed by atoms with Crippen molar-refractivity contribution in [1.29, 1.82) is 5.41 Å². The van der Waals surface area contributed by atoms with E-state index in [9.17, 15) is 8.42 Å². The summed E-state index contributed by atoms with van der Waals surface area (Å²) in [6, 6.07) is 8.96. The summed E-state index contributed by atoms with van der Waals surface area (Å²) >= 11 is 1.59. The molecule has 0 unspecified atom stereocenters. The highest BCUT2D eigenvalue weighted by Gasteiger charge is 2.26. The fourth-order valence-corrected chi connectivity index (χ4v) is 5.27. The van der Waals surface area contributed by atoms with Crippen molar-refractivity contribution in [2.24, 2.45) is 0 Å². The van der Waals surface area contributed by atoms with E-state index >= 15 is 0 Å². The Morgan fingerprint density at radius 2 is 2.12 bits per heavy atom. The van der Waals surface area contributed by atoms with Crippen LogP contribution in [0.3, 0.4) is 0 Å². The lowest BCUT2D eigenvalue weighted by Gasteiger charge is -2.22. The zero-order valence-corrected chi connectivity index (χ0v) is 16.0. The molecule has 0 spiro atoms. The second kappa shape index (κ2) is 7.53. The predicted octanol–water partition coefficient (Wildman–Crippen LogP) is 3.07. The molecule has 0 bridgehead atoms. The average Bonchev–Trinajstić information content (AvgIpc) is 3.14. The standard InChI is InChI=1S/C18H20N4O2S2/c1-13-12-21-18(20)15-5-2-6-16(17(13)15)26(23,24)22(10-8-19)9-7-14-4-3-11-25-14/h2-6,8,11-12,19H,7,9-10H2,1H3,(H2,20,21). The number of nitrogens with one attached hydrogen (secondary N) is 1. The number of pyridine rings is 1. The van der Waals surface area contributed by atoms with Crippen LogP contribution in [0.15, 0.2) is 46.8 Å². The largest absolute Gasteiger partial charge is 0.383 e. The molecule has 6 nitrogen and oxygen atoms in total. The summed E-state index contributed by atoms with van der Waals surface area (Å²) in [6.45, 7) is 2.17. The molecule has 0 aliphatic rings. The van der Waals surface area contributed by atoms with Crippen molar-refractivity contribution < 1.29 is 8.42 Å². The van der Waals surface area contributed by atoms with Crippen molar-refractivity contribution in [3.63, 3.8) is 0 Å². The lowest BCUT2D eigenvalue weighted by molar-refractivity contribution is 0.456. The number of sulfonamides is 1. The molecule has 0 saturated carbocycles. The molecule has 2 aromatic heterocycles. The molecular weight excluding hydrogens is 368 g/mol. The maximum atomic E-state index is 13.3. The summed E-state index contributed by atoms with van der Waals surface area (Å²) in [5.41, 5.74) is 6.69. The van der Waals surface area contributed by atoms with Crippen molar-refractivity contribution >= 4 is 44.2 Å². The van der Waals surface area contributed by atoms with Crippen LogP contribution in [0.2, 0.25) is 0 Å². The number of anilines is 1. The number of thiophene rings is 1. The van der Waals surface area contributed by atoms with Gasteiger partial charge in [0.05, 0.1) is 4.90 Å². The van der Waals surface area contributed by atoms with Gasteiger partial charge in [0.15, 0.2) is 0 Å². The van der Waals surface area contributed by atoms with Gasteiger partial charge in [0.1, 0.15) is 5.82 Å². The normalized spacial score (nSPS) is 11.9. The first-order chi connectivity index (χ1) is 12.4. The van der Waals surface area contributed by atoms with Gasteiger partial charge in [-0.2, -0.15) is 4.31 Å². The molecule has 0 amide bonds. The van der Waals surface area contributed by atoms with Crippen LogP contribution in [-0.2, 0) is 16.4 Å². The SMILES string of the molecule is Cc1cnc(N)c2cccc(S(=O)(=O)N(CC=N)CCc3cccs3)c12. The van der Waals surface area contributed by atoms with Crippen LogP contribution in [0.1, 0.15) is 10.4 Å². The Balaban J connectivity index is 2.06. The summed E-state index contributed by atoms with van der Waals surface area (Å²) in [5.74, 6) is 0.305. The quantitative estimate of drug-likeness (QED) is 0.608. The van der Waals surface area contributed by atoms with Crippen LogP contribution in [0.25, 0.3) is 10.8 Å². The van der Waals surface area contributed by atoms with E-state index in [1.54, 1.807) is 35.7 Å². The molecule has 2 heterocycles. The van der Waals surface area contributed by atoms with E-state index in [2.05, 4.69) is 4.98 Å². The van der Waals surface area contributed by atoms with Gasteiger partial charge in [-0.3, -0.25) is 0 Å². The van der Waals surface area contributed by atoms with Crippen LogP contribution in [-0.4, -0.2) is 37.0 Å². The van der Waals surface area contributed by atoms with Crippen LogP contribution in [0.5, 0.6) is 0 Å². The monoisotopic (exact) mass is 388 g/mol. The van der Waals surface area contributed by atoms with Gasteiger partial charge in [-0.05, 0) is 36.4 Å². The Morgan fingerprint density at radius 3 is 2.81 bits per heavy atom. The van der Waals surface area contributed by atoms with E-state index in [1.165, 1.54) is 4.31 Å². The number of hydrogen-bond donors (Lipinski definition) is 2. The number of aromatic nitrogens is 1. The number of benzene rings is 1. The molecule has 1 aromatic carbocycles. The van der Waals surface area contributed by atoms with Gasteiger partial charge in [-0.1, -0.05) is 18.2 Å². The Kier molecular flexibility index (Phi) is 5.36. The van der Waals surface area contributed by atoms with Gasteiger partial charge in [-0.25, -0.2) is 13.4 Å². The van der Waals surface area contributed by atoms with E-state index in [-0.39, 0.29) is 11.4 Å². The van der Waals surface area contributed by atoms with E-state index in [0.29, 0.717) is 29.6 Å². The fraction of sp³-hybridized carbons (Fsp3) is 0.222. The number of nitrogens with two attached hydrogens (primary N) is 1. The van der Waals surface area contributed by atoms with Crippen LogP contribution in [0.4, 0.5) is 5.82 Å². The average molecular weight is 389 g/mol. The number of nitrogens with zero attached hydrogens (tertiary/aromatic N) is 2. The lowest BCUT2D eigenvalue weighted by atomic mass is 10.1. The third kappa shape index (κ3) is 3.48. The first-order valence-corrected chi connectivity index (χ1v) is 10.4.